The molecule has 144 valence electrons. The van der Waals surface area contributed by atoms with Crippen LogP contribution in [-0.4, -0.2) is 18.5 Å². The molecular formula is C20H20F3NO3. The van der Waals surface area contributed by atoms with E-state index in [2.05, 4.69) is 5.32 Å². The van der Waals surface area contributed by atoms with Crippen LogP contribution in [0.2, 0.25) is 0 Å². The van der Waals surface area contributed by atoms with Crippen LogP contribution in [0.4, 0.5) is 18.9 Å². The Morgan fingerprint density at radius 2 is 1.70 bits per heavy atom. The Morgan fingerprint density at radius 1 is 1.07 bits per heavy atom. The van der Waals surface area contributed by atoms with Gasteiger partial charge in [0.1, 0.15) is 0 Å². The second kappa shape index (κ2) is 8.70. The molecule has 4 nitrogen and oxygen atoms in total. The number of carbonyl (C=O) groups excluding carboxylic acids is 2. The Labute approximate surface area is 155 Å². The number of halogens is 3. The number of ether oxygens (including phenoxy) is 1. The molecule has 0 radical (unpaired) electrons. The van der Waals surface area contributed by atoms with Crippen molar-refractivity contribution in [3.05, 3.63) is 65.2 Å². The highest BCUT2D eigenvalue weighted by Gasteiger charge is 2.30. The van der Waals surface area contributed by atoms with Crippen molar-refractivity contribution in [1.29, 1.82) is 0 Å². The highest BCUT2D eigenvalue weighted by atomic mass is 19.4. The van der Waals surface area contributed by atoms with E-state index in [1.165, 1.54) is 0 Å². The molecule has 2 rings (SSSR count). The van der Waals surface area contributed by atoms with Gasteiger partial charge in [-0.2, -0.15) is 13.2 Å². The third kappa shape index (κ3) is 5.57. The summed E-state index contributed by atoms with van der Waals surface area (Å²) in [5.41, 5.74) is 0.694. The highest BCUT2D eigenvalue weighted by molar-refractivity contribution is 5.96. The Hall–Kier alpha value is -2.83. The average Bonchev–Trinajstić information content (AvgIpc) is 2.65. The van der Waals surface area contributed by atoms with E-state index in [-0.39, 0.29) is 11.5 Å². The minimum Gasteiger partial charge on any atom is -0.452 e. The Balaban J connectivity index is 1.95. The smallest absolute Gasteiger partial charge is 0.416 e. The van der Waals surface area contributed by atoms with Gasteiger partial charge in [0.15, 0.2) is 6.61 Å². The molecule has 0 aliphatic carbocycles. The first-order valence-corrected chi connectivity index (χ1v) is 8.45. The molecular weight excluding hydrogens is 359 g/mol. The maximum atomic E-state index is 12.5. The maximum absolute atomic E-state index is 12.5. The normalized spacial score (nSPS) is 12.3. The highest BCUT2D eigenvalue weighted by Crippen LogP contribution is 2.29. The Morgan fingerprint density at radius 3 is 2.30 bits per heavy atom. The molecule has 2 aromatic carbocycles. The fourth-order valence-corrected chi connectivity index (χ4v) is 2.46. The number of alkyl halides is 3. The Bertz CT molecular complexity index is 801. The van der Waals surface area contributed by atoms with Gasteiger partial charge in [0.2, 0.25) is 0 Å². The molecule has 0 aliphatic heterocycles. The SMILES string of the molecule is CC[C@H](C)c1ccccc1NC(=O)COC(=O)c1ccc(C(F)(F)F)cc1. The number of carbonyl (C=O) groups is 2. The average molecular weight is 379 g/mol. The van der Waals surface area contributed by atoms with Gasteiger partial charge in [-0.3, -0.25) is 4.79 Å². The molecule has 0 saturated heterocycles. The lowest BCUT2D eigenvalue weighted by molar-refractivity contribution is -0.137. The van der Waals surface area contributed by atoms with E-state index in [1.54, 1.807) is 12.1 Å². The topological polar surface area (TPSA) is 55.4 Å². The van der Waals surface area contributed by atoms with Gasteiger partial charge < -0.3 is 10.1 Å². The number of anilines is 1. The fourth-order valence-electron chi connectivity index (χ4n) is 2.46. The number of esters is 1. The van der Waals surface area contributed by atoms with Crippen molar-refractivity contribution in [2.45, 2.75) is 32.4 Å². The van der Waals surface area contributed by atoms with Crippen molar-refractivity contribution in [1.82, 2.24) is 0 Å². The standard InChI is InChI=1S/C20H20F3NO3/c1-3-13(2)16-6-4-5-7-17(16)24-18(25)12-27-19(26)14-8-10-15(11-9-14)20(21,22)23/h4-11,13H,3,12H2,1-2H3,(H,24,25)/t13-/m0/s1. The van der Waals surface area contributed by atoms with Crippen molar-refractivity contribution in [2.24, 2.45) is 0 Å². The minimum absolute atomic E-state index is 0.0594. The molecule has 0 fully saturated rings. The molecule has 1 amide bonds. The molecule has 7 heteroatoms. The van der Waals surface area contributed by atoms with Gasteiger partial charge in [-0.05, 0) is 48.2 Å². The van der Waals surface area contributed by atoms with Crippen molar-refractivity contribution >= 4 is 17.6 Å². The number of rotatable bonds is 6. The van der Waals surface area contributed by atoms with Crippen LogP contribution in [0.1, 0.15) is 47.7 Å². The summed E-state index contributed by atoms with van der Waals surface area (Å²) in [4.78, 5) is 24.0. The minimum atomic E-state index is -4.48. The molecule has 0 aromatic heterocycles. The van der Waals surface area contributed by atoms with Crippen molar-refractivity contribution < 1.29 is 27.5 Å². The molecule has 0 spiro atoms. The van der Waals surface area contributed by atoms with Gasteiger partial charge in [0.05, 0.1) is 11.1 Å². The third-order valence-corrected chi connectivity index (χ3v) is 4.16. The summed E-state index contributed by atoms with van der Waals surface area (Å²) in [5.74, 6) is -1.14. The molecule has 0 heterocycles. The van der Waals surface area contributed by atoms with E-state index >= 15 is 0 Å². The first-order chi connectivity index (χ1) is 12.7. The van der Waals surface area contributed by atoms with Gasteiger partial charge in [-0.1, -0.05) is 32.0 Å². The molecule has 0 unspecified atom stereocenters. The summed E-state index contributed by atoms with van der Waals surface area (Å²) in [5, 5.41) is 2.70. The van der Waals surface area contributed by atoms with Crippen LogP contribution in [0.25, 0.3) is 0 Å². The van der Waals surface area contributed by atoms with E-state index < -0.39 is 30.2 Å². The lowest BCUT2D eigenvalue weighted by Gasteiger charge is -2.15. The van der Waals surface area contributed by atoms with Gasteiger partial charge >= 0.3 is 12.1 Å². The van der Waals surface area contributed by atoms with Gasteiger partial charge in [-0.25, -0.2) is 4.79 Å². The van der Waals surface area contributed by atoms with Crippen molar-refractivity contribution in [3.8, 4) is 0 Å². The number of amides is 1. The number of nitrogens with one attached hydrogen (secondary N) is 1. The van der Waals surface area contributed by atoms with Crippen LogP contribution >= 0.6 is 0 Å². The number of hydrogen-bond donors (Lipinski definition) is 1. The van der Waals surface area contributed by atoms with Crippen LogP contribution < -0.4 is 5.32 Å². The van der Waals surface area contributed by atoms with Gasteiger partial charge in [0, 0.05) is 5.69 Å². The number of hydrogen-bond acceptors (Lipinski definition) is 3. The first-order valence-electron chi connectivity index (χ1n) is 8.45. The summed E-state index contributed by atoms with van der Waals surface area (Å²) in [7, 11) is 0. The first kappa shape index (κ1) is 20.5. The number of benzene rings is 2. The van der Waals surface area contributed by atoms with Crippen molar-refractivity contribution in [2.75, 3.05) is 11.9 Å². The molecule has 2 aromatic rings. The quantitative estimate of drug-likeness (QED) is 0.718. The second-order valence-electron chi connectivity index (χ2n) is 6.10. The van der Waals surface area contributed by atoms with Crippen LogP contribution in [0.3, 0.4) is 0 Å². The zero-order valence-electron chi connectivity index (χ0n) is 15.0. The third-order valence-electron chi connectivity index (χ3n) is 4.16. The molecule has 0 bridgehead atoms. The van der Waals surface area contributed by atoms with E-state index in [0.717, 1.165) is 36.2 Å². The lowest BCUT2D eigenvalue weighted by atomic mass is 9.97. The lowest BCUT2D eigenvalue weighted by Crippen LogP contribution is -2.21. The van der Waals surface area contributed by atoms with E-state index in [0.29, 0.717) is 5.69 Å². The number of para-hydroxylation sites is 1. The summed E-state index contributed by atoms with van der Waals surface area (Å²) >= 11 is 0. The molecule has 1 atom stereocenters. The largest absolute Gasteiger partial charge is 0.452 e. The van der Waals surface area contributed by atoms with Crippen molar-refractivity contribution in [3.63, 3.8) is 0 Å². The zero-order valence-corrected chi connectivity index (χ0v) is 15.0. The summed E-state index contributed by atoms with van der Waals surface area (Å²) in [6, 6.07) is 11.0. The maximum Gasteiger partial charge on any atom is 0.416 e. The van der Waals surface area contributed by atoms with Crippen LogP contribution in [-0.2, 0) is 15.7 Å². The predicted octanol–water partition coefficient (Wildman–Crippen LogP) is 5.01. The fraction of sp³-hybridized carbons (Fsp3) is 0.300. The summed E-state index contributed by atoms with van der Waals surface area (Å²) in [6.45, 7) is 3.54. The Kier molecular flexibility index (Phi) is 6.60. The van der Waals surface area contributed by atoms with Crippen LogP contribution in [0, 0.1) is 0 Å². The zero-order chi connectivity index (χ0) is 20.0. The monoisotopic (exact) mass is 379 g/mol. The molecule has 27 heavy (non-hydrogen) atoms. The van der Waals surface area contributed by atoms with E-state index in [4.69, 9.17) is 4.74 Å². The summed E-state index contributed by atoms with van der Waals surface area (Å²) < 4.78 is 42.5. The van der Waals surface area contributed by atoms with Gasteiger partial charge in [-0.15, -0.1) is 0 Å². The summed E-state index contributed by atoms with van der Waals surface area (Å²) in [6.07, 6.45) is -3.58. The molecule has 0 saturated carbocycles. The molecule has 0 aliphatic rings. The second-order valence-corrected chi connectivity index (χ2v) is 6.10. The predicted molar refractivity (Wildman–Crippen MR) is 95.5 cm³/mol. The van der Waals surface area contributed by atoms with Gasteiger partial charge in [0.25, 0.3) is 5.91 Å². The van der Waals surface area contributed by atoms with Crippen LogP contribution in [0.5, 0.6) is 0 Å². The van der Waals surface area contributed by atoms with E-state index in [9.17, 15) is 22.8 Å². The van der Waals surface area contributed by atoms with Crippen LogP contribution in [0.15, 0.2) is 48.5 Å². The molecule has 1 N–H and O–H groups in total. The van der Waals surface area contributed by atoms with E-state index in [1.807, 2.05) is 26.0 Å².